The Kier molecular flexibility index (Phi) is 10.5. The van der Waals surface area contributed by atoms with Crippen LogP contribution in [0.3, 0.4) is 0 Å². The molecule has 0 bridgehead atoms. The number of anilines is 1. The van der Waals surface area contributed by atoms with E-state index in [-0.39, 0.29) is 36.2 Å². The molecule has 3 aliphatic heterocycles. The largest absolute Gasteiger partial charge is 0.451 e. The molecule has 248 valence electrons. The molecule has 4 heterocycles. The summed E-state index contributed by atoms with van der Waals surface area (Å²) in [6.45, 7) is 1.93. The van der Waals surface area contributed by atoms with Crippen molar-refractivity contribution in [2.45, 2.75) is 81.3 Å². The van der Waals surface area contributed by atoms with Crippen molar-refractivity contribution >= 4 is 11.7 Å². The molecular formula is C30H37F6N5O4. The monoisotopic (exact) mass is 645 g/mol. The van der Waals surface area contributed by atoms with E-state index in [1.165, 1.54) is 23.1 Å². The average Bonchev–Trinajstić information content (AvgIpc) is 3.03. The van der Waals surface area contributed by atoms with Gasteiger partial charge < -0.3 is 29.7 Å². The first-order valence-corrected chi connectivity index (χ1v) is 15.1. The highest BCUT2D eigenvalue weighted by Gasteiger charge is 2.37. The van der Waals surface area contributed by atoms with Gasteiger partial charge in [0, 0.05) is 51.5 Å². The van der Waals surface area contributed by atoms with E-state index in [0.29, 0.717) is 64.0 Å². The molecule has 1 aromatic carbocycles. The van der Waals surface area contributed by atoms with E-state index < -0.39 is 41.9 Å². The van der Waals surface area contributed by atoms with E-state index in [9.17, 15) is 31.1 Å². The second kappa shape index (κ2) is 14.2. The van der Waals surface area contributed by atoms with Crippen LogP contribution in [0.25, 0.3) is 0 Å². The second-order valence-corrected chi connectivity index (χ2v) is 11.6. The molecule has 2 N–H and O–H groups in total. The van der Waals surface area contributed by atoms with Gasteiger partial charge in [-0.1, -0.05) is 12.1 Å². The maximum absolute atomic E-state index is 13.7. The number of aromatic nitrogens is 2. The number of rotatable bonds is 8. The molecular weight excluding hydrogens is 608 g/mol. The van der Waals surface area contributed by atoms with E-state index >= 15 is 0 Å². The summed E-state index contributed by atoms with van der Waals surface area (Å²) in [4.78, 5) is 22.0. The lowest BCUT2D eigenvalue weighted by atomic mass is 9.97. The summed E-state index contributed by atoms with van der Waals surface area (Å²) in [6.07, 6.45) is -6.32. The number of methoxy groups -OCH3 is 1. The van der Waals surface area contributed by atoms with Crippen LogP contribution in [-0.4, -0.2) is 85.0 Å². The molecule has 5 rings (SSSR count). The van der Waals surface area contributed by atoms with Gasteiger partial charge in [-0.05, 0) is 56.2 Å². The molecule has 3 saturated heterocycles. The molecule has 9 nitrogen and oxygen atoms in total. The molecule has 2 aromatic rings. The van der Waals surface area contributed by atoms with Crippen molar-refractivity contribution in [1.29, 1.82) is 0 Å². The van der Waals surface area contributed by atoms with Crippen molar-refractivity contribution < 1.29 is 45.3 Å². The van der Waals surface area contributed by atoms with E-state index in [1.54, 1.807) is 7.11 Å². The Balaban J connectivity index is 1.20. The highest BCUT2D eigenvalue weighted by atomic mass is 19.4. The van der Waals surface area contributed by atoms with E-state index in [1.807, 2.05) is 0 Å². The predicted molar refractivity (Wildman–Crippen MR) is 151 cm³/mol. The van der Waals surface area contributed by atoms with Crippen molar-refractivity contribution in [2.75, 3.05) is 45.3 Å². The summed E-state index contributed by atoms with van der Waals surface area (Å²) in [5.74, 6) is -2.20. The Labute approximate surface area is 257 Å². The minimum Gasteiger partial charge on any atom is -0.379 e. The topological polar surface area (TPSA) is 97.8 Å². The number of carbonyl (C=O) groups excluding carboxylic acids is 1. The molecule has 3 aliphatic rings. The Bertz CT molecular complexity index is 1290. The smallest absolute Gasteiger partial charge is 0.379 e. The van der Waals surface area contributed by atoms with Gasteiger partial charge >= 0.3 is 12.4 Å². The maximum atomic E-state index is 13.7. The standard InChI is InChI=1S/C30H37F6N5O4/c1-43-25-17-44-14-11-22(25)38-20-9-12-41(13-10-20)27(42)23-15-26(40-28(39-23)30(34,35)36)37-16-21-3-2-4-24(45-21)18-5-7-19(8-6-18)29(31,32)33/h5-8,15,20-22,24-25,38H,2-4,9-14,16-17H2,1H3,(H,37,39,40)/t21-,22+,24+,25-/m1/s1. The van der Waals surface area contributed by atoms with Crippen LogP contribution in [0, 0.1) is 0 Å². The van der Waals surface area contributed by atoms with Crippen molar-refractivity contribution in [3.63, 3.8) is 0 Å². The van der Waals surface area contributed by atoms with Gasteiger partial charge in [0.25, 0.3) is 5.91 Å². The van der Waals surface area contributed by atoms with Crippen LogP contribution in [0.1, 0.15) is 72.1 Å². The summed E-state index contributed by atoms with van der Waals surface area (Å²) in [5.41, 5.74) is -0.527. The normalized spacial score (nSPS) is 25.3. The first kappa shape index (κ1) is 33.4. The zero-order chi connectivity index (χ0) is 32.2. The number of hydrogen-bond donors (Lipinski definition) is 2. The fourth-order valence-electron chi connectivity index (χ4n) is 6.02. The van der Waals surface area contributed by atoms with Crippen LogP contribution in [0.15, 0.2) is 30.3 Å². The number of carbonyl (C=O) groups is 1. The van der Waals surface area contributed by atoms with Gasteiger partial charge in [-0.2, -0.15) is 26.3 Å². The number of alkyl halides is 6. The van der Waals surface area contributed by atoms with Gasteiger partial charge in [-0.25, -0.2) is 9.97 Å². The van der Waals surface area contributed by atoms with Crippen molar-refractivity contribution in [3.05, 3.63) is 53.0 Å². The summed E-state index contributed by atoms with van der Waals surface area (Å²) in [5, 5.41) is 6.44. The number of ether oxygens (including phenoxy) is 3. The number of piperidine rings is 1. The van der Waals surface area contributed by atoms with Crippen LogP contribution in [0.4, 0.5) is 32.2 Å². The second-order valence-electron chi connectivity index (χ2n) is 11.6. The number of nitrogens with one attached hydrogen (secondary N) is 2. The molecule has 4 atom stereocenters. The van der Waals surface area contributed by atoms with Gasteiger partial charge in [-0.15, -0.1) is 0 Å². The Hall–Kier alpha value is -3.01. The molecule has 0 radical (unpaired) electrons. The number of benzene rings is 1. The minimum absolute atomic E-state index is 0.0687. The number of nitrogens with zero attached hydrogens (tertiary/aromatic N) is 3. The average molecular weight is 646 g/mol. The van der Waals surface area contributed by atoms with Crippen LogP contribution in [0.5, 0.6) is 0 Å². The Morgan fingerprint density at radius 1 is 1.00 bits per heavy atom. The first-order valence-electron chi connectivity index (χ1n) is 15.1. The van der Waals surface area contributed by atoms with Gasteiger partial charge in [0.05, 0.1) is 30.5 Å². The van der Waals surface area contributed by atoms with Gasteiger partial charge in [0.15, 0.2) is 0 Å². The molecule has 0 aliphatic carbocycles. The number of amides is 1. The highest BCUT2D eigenvalue weighted by molar-refractivity contribution is 5.93. The first-order chi connectivity index (χ1) is 21.4. The van der Waals surface area contributed by atoms with Crippen molar-refractivity contribution in [3.8, 4) is 0 Å². The maximum Gasteiger partial charge on any atom is 0.451 e. The lowest BCUT2D eigenvalue weighted by molar-refractivity contribution is -0.145. The third-order valence-corrected chi connectivity index (χ3v) is 8.51. The molecule has 0 spiro atoms. The third kappa shape index (κ3) is 8.63. The molecule has 15 heteroatoms. The quantitative estimate of drug-likeness (QED) is 0.377. The van der Waals surface area contributed by atoms with E-state index in [0.717, 1.165) is 18.6 Å². The number of hydrogen-bond acceptors (Lipinski definition) is 8. The zero-order valence-electron chi connectivity index (χ0n) is 24.8. The van der Waals surface area contributed by atoms with Crippen LogP contribution in [0.2, 0.25) is 0 Å². The van der Waals surface area contributed by atoms with Crippen LogP contribution < -0.4 is 10.6 Å². The highest BCUT2D eigenvalue weighted by Crippen LogP contribution is 2.35. The molecule has 3 fully saturated rings. The zero-order valence-corrected chi connectivity index (χ0v) is 24.8. The van der Waals surface area contributed by atoms with Crippen LogP contribution >= 0.6 is 0 Å². The lowest BCUT2D eigenvalue weighted by Gasteiger charge is -2.38. The van der Waals surface area contributed by atoms with Crippen molar-refractivity contribution in [2.24, 2.45) is 0 Å². The van der Waals surface area contributed by atoms with Crippen molar-refractivity contribution in [1.82, 2.24) is 20.2 Å². The number of halogens is 6. The summed E-state index contributed by atoms with van der Waals surface area (Å²) >= 11 is 0. The summed E-state index contributed by atoms with van der Waals surface area (Å²) in [6, 6.07) is 6.22. The lowest BCUT2D eigenvalue weighted by Crippen LogP contribution is -2.54. The van der Waals surface area contributed by atoms with Gasteiger partial charge in [0.1, 0.15) is 11.5 Å². The van der Waals surface area contributed by atoms with Gasteiger partial charge in [0.2, 0.25) is 5.82 Å². The molecule has 45 heavy (non-hydrogen) atoms. The fraction of sp³-hybridized carbons (Fsp3) is 0.633. The molecule has 1 aromatic heterocycles. The van der Waals surface area contributed by atoms with E-state index in [2.05, 4.69) is 20.6 Å². The number of likely N-dealkylation sites (tertiary alicyclic amines) is 1. The predicted octanol–water partition coefficient (Wildman–Crippen LogP) is 5.23. The fourth-order valence-corrected chi connectivity index (χ4v) is 6.02. The van der Waals surface area contributed by atoms with Crippen LogP contribution in [-0.2, 0) is 26.6 Å². The van der Waals surface area contributed by atoms with E-state index in [4.69, 9.17) is 14.2 Å². The van der Waals surface area contributed by atoms with Gasteiger partial charge in [-0.3, -0.25) is 4.79 Å². The SMILES string of the molecule is CO[C@@H]1COCC[C@@H]1NC1CCN(C(=O)c2cc(NC[C@H]3CCC[C@@H](c4ccc(C(F)(F)F)cc4)O3)nc(C(F)(F)F)n2)CC1. The molecule has 0 unspecified atom stereocenters. The molecule has 0 saturated carbocycles. The molecule has 1 amide bonds. The summed E-state index contributed by atoms with van der Waals surface area (Å²) < 4.78 is 97.0. The third-order valence-electron chi connectivity index (χ3n) is 8.51. The Morgan fingerprint density at radius 3 is 2.40 bits per heavy atom. The minimum atomic E-state index is -4.87. The summed E-state index contributed by atoms with van der Waals surface area (Å²) in [7, 11) is 1.64. The Morgan fingerprint density at radius 2 is 1.73 bits per heavy atom.